The van der Waals surface area contributed by atoms with Gasteiger partial charge in [0.1, 0.15) is 0 Å². The number of rotatable bonds is 3. The van der Waals surface area contributed by atoms with Crippen molar-refractivity contribution in [1.82, 2.24) is 4.57 Å². The van der Waals surface area contributed by atoms with Crippen LogP contribution in [0.4, 0.5) is 0 Å². The first-order valence-electron chi connectivity index (χ1n) is 6.06. The van der Waals surface area contributed by atoms with Gasteiger partial charge < -0.3 is 4.57 Å². The maximum absolute atomic E-state index is 11.5. The van der Waals surface area contributed by atoms with Gasteiger partial charge in [-0.15, -0.1) is 0 Å². The summed E-state index contributed by atoms with van der Waals surface area (Å²) in [6, 6.07) is 6.41. The zero-order valence-electron chi connectivity index (χ0n) is 11.3. The zero-order valence-corrected chi connectivity index (χ0v) is 12.1. The van der Waals surface area contributed by atoms with Gasteiger partial charge in [0.15, 0.2) is 9.84 Å². The Morgan fingerprint density at radius 2 is 1.94 bits per heavy atom. The number of sulfone groups is 1. The molecule has 1 aromatic carbocycles. The van der Waals surface area contributed by atoms with E-state index in [9.17, 15) is 8.42 Å². The second kappa shape index (κ2) is 4.43. The lowest BCUT2D eigenvalue weighted by molar-refractivity contribution is 0.600. The molecule has 0 fully saturated rings. The smallest absolute Gasteiger partial charge is 0.151 e. The van der Waals surface area contributed by atoms with Crippen LogP contribution in [0.25, 0.3) is 10.9 Å². The minimum atomic E-state index is -3.01. The molecule has 2 aromatic rings. The van der Waals surface area contributed by atoms with Crippen LogP contribution in [0.3, 0.4) is 0 Å². The van der Waals surface area contributed by atoms with Crippen molar-refractivity contribution >= 4 is 20.7 Å². The van der Waals surface area contributed by atoms with Crippen LogP contribution in [0.2, 0.25) is 0 Å². The van der Waals surface area contributed by atoms with E-state index in [1.165, 1.54) is 6.26 Å². The molecular formula is C14H19NO2S. The van der Waals surface area contributed by atoms with E-state index in [4.69, 9.17) is 0 Å². The van der Waals surface area contributed by atoms with Crippen LogP contribution in [-0.4, -0.2) is 19.2 Å². The summed E-state index contributed by atoms with van der Waals surface area (Å²) in [6.45, 7) is 6.23. The van der Waals surface area contributed by atoms with Crippen molar-refractivity contribution in [3.63, 3.8) is 0 Å². The van der Waals surface area contributed by atoms with E-state index in [1.54, 1.807) is 0 Å². The molecule has 0 bridgehead atoms. The summed E-state index contributed by atoms with van der Waals surface area (Å²) in [4.78, 5) is 0. The lowest BCUT2D eigenvalue weighted by atomic mass is 10.1. The average molecular weight is 265 g/mol. The number of fused-ring (bicyclic) bond motifs is 1. The van der Waals surface area contributed by atoms with Crippen molar-refractivity contribution in [2.75, 3.05) is 6.26 Å². The number of aromatic nitrogens is 1. The Morgan fingerprint density at radius 3 is 2.50 bits per heavy atom. The highest BCUT2D eigenvalue weighted by molar-refractivity contribution is 7.89. The van der Waals surface area contributed by atoms with Crippen LogP contribution < -0.4 is 0 Å². The Hall–Kier alpha value is -1.29. The quantitative estimate of drug-likeness (QED) is 0.855. The highest BCUT2D eigenvalue weighted by Gasteiger charge is 2.15. The Bertz CT molecular complexity index is 681. The molecule has 0 N–H and O–H groups in total. The van der Waals surface area contributed by atoms with Crippen molar-refractivity contribution in [3.05, 3.63) is 35.5 Å². The molecule has 0 amide bonds. The predicted octanol–water partition coefficient (Wildman–Crippen LogP) is 3.08. The summed E-state index contributed by atoms with van der Waals surface area (Å²) in [5.41, 5.74) is 3.15. The molecule has 2 rings (SSSR count). The average Bonchev–Trinajstić information content (AvgIpc) is 2.56. The van der Waals surface area contributed by atoms with Gasteiger partial charge in [-0.3, -0.25) is 0 Å². The minimum Gasteiger partial charge on any atom is -0.345 e. The fourth-order valence-electron chi connectivity index (χ4n) is 2.41. The number of aryl methyl sites for hydroxylation is 1. The van der Waals surface area contributed by atoms with Crippen molar-refractivity contribution in [2.24, 2.45) is 0 Å². The molecule has 0 unspecified atom stereocenters. The Morgan fingerprint density at radius 1 is 1.28 bits per heavy atom. The van der Waals surface area contributed by atoms with E-state index < -0.39 is 9.84 Å². The molecule has 0 aliphatic carbocycles. The van der Waals surface area contributed by atoms with E-state index in [0.717, 1.165) is 22.0 Å². The summed E-state index contributed by atoms with van der Waals surface area (Å²) in [6.07, 6.45) is 3.26. The Labute approximate surface area is 108 Å². The molecule has 0 spiro atoms. The standard InChI is InChI=1S/C14H19NO2S/c1-10(2)15-8-12(9-18(4,16)17)14-11(3)6-5-7-13(14)15/h5-8,10H,9H2,1-4H3. The van der Waals surface area contributed by atoms with Gasteiger partial charge >= 0.3 is 0 Å². The van der Waals surface area contributed by atoms with Gasteiger partial charge in [0.05, 0.1) is 5.75 Å². The maximum atomic E-state index is 11.5. The monoisotopic (exact) mass is 265 g/mol. The molecule has 0 aliphatic heterocycles. The van der Waals surface area contributed by atoms with E-state index >= 15 is 0 Å². The molecule has 3 nitrogen and oxygen atoms in total. The third-order valence-electron chi connectivity index (χ3n) is 3.12. The molecule has 98 valence electrons. The van der Waals surface area contributed by atoms with Crippen molar-refractivity contribution < 1.29 is 8.42 Å². The van der Waals surface area contributed by atoms with Crippen molar-refractivity contribution in [3.8, 4) is 0 Å². The first-order valence-corrected chi connectivity index (χ1v) is 8.12. The van der Waals surface area contributed by atoms with E-state index in [-0.39, 0.29) is 5.75 Å². The maximum Gasteiger partial charge on any atom is 0.151 e. The lowest BCUT2D eigenvalue weighted by Crippen LogP contribution is -2.01. The molecule has 0 atom stereocenters. The molecule has 0 saturated heterocycles. The molecule has 18 heavy (non-hydrogen) atoms. The Kier molecular flexibility index (Phi) is 3.23. The normalized spacial score (nSPS) is 12.5. The summed E-state index contributed by atoms with van der Waals surface area (Å²) in [5.74, 6) is 0.105. The second-order valence-corrected chi connectivity index (χ2v) is 7.33. The topological polar surface area (TPSA) is 39.1 Å². The zero-order chi connectivity index (χ0) is 13.5. The molecule has 0 saturated carbocycles. The second-order valence-electron chi connectivity index (χ2n) is 5.19. The molecule has 4 heteroatoms. The van der Waals surface area contributed by atoms with E-state index in [1.807, 2.05) is 31.3 Å². The van der Waals surface area contributed by atoms with Crippen molar-refractivity contribution in [1.29, 1.82) is 0 Å². The summed E-state index contributed by atoms with van der Waals surface area (Å²) in [7, 11) is -3.01. The lowest BCUT2D eigenvalue weighted by Gasteiger charge is -2.09. The largest absolute Gasteiger partial charge is 0.345 e. The number of benzene rings is 1. The number of nitrogens with zero attached hydrogens (tertiary/aromatic N) is 1. The highest BCUT2D eigenvalue weighted by atomic mass is 32.2. The van der Waals surface area contributed by atoms with E-state index in [0.29, 0.717) is 6.04 Å². The van der Waals surface area contributed by atoms with Gasteiger partial charge in [0, 0.05) is 29.4 Å². The van der Waals surface area contributed by atoms with Crippen LogP contribution in [0.5, 0.6) is 0 Å². The van der Waals surface area contributed by atoms with Gasteiger partial charge in [-0.1, -0.05) is 12.1 Å². The molecular weight excluding hydrogens is 246 g/mol. The van der Waals surface area contributed by atoms with Crippen LogP contribution in [0.15, 0.2) is 24.4 Å². The van der Waals surface area contributed by atoms with Gasteiger partial charge in [-0.05, 0) is 38.0 Å². The van der Waals surface area contributed by atoms with Crippen LogP contribution in [0, 0.1) is 6.92 Å². The molecule has 0 aliphatic rings. The fourth-order valence-corrected chi connectivity index (χ4v) is 3.19. The number of hydrogen-bond donors (Lipinski definition) is 0. The number of hydrogen-bond acceptors (Lipinski definition) is 2. The SMILES string of the molecule is Cc1cccc2c1c(CS(C)(=O)=O)cn2C(C)C. The Balaban J connectivity index is 2.74. The van der Waals surface area contributed by atoms with E-state index in [2.05, 4.69) is 18.4 Å². The third kappa shape index (κ3) is 2.43. The predicted molar refractivity (Wildman–Crippen MR) is 75.6 cm³/mol. The van der Waals surface area contributed by atoms with Gasteiger partial charge in [0.25, 0.3) is 0 Å². The fraction of sp³-hybridized carbons (Fsp3) is 0.429. The highest BCUT2D eigenvalue weighted by Crippen LogP contribution is 2.28. The van der Waals surface area contributed by atoms with Crippen LogP contribution in [0.1, 0.15) is 31.0 Å². The first-order chi connectivity index (χ1) is 8.29. The van der Waals surface area contributed by atoms with Crippen molar-refractivity contribution in [2.45, 2.75) is 32.6 Å². The molecule has 1 aromatic heterocycles. The molecule has 1 heterocycles. The molecule has 0 radical (unpaired) electrons. The third-order valence-corrected chi connectivity index (χ3v) is 3.95. The van der Waals surface area contributed by atoms with Crippen LogP contribution in [-0.2, 0) is 15.6 Å². The van der Waals surface area contributed by atoms with Crippen LogP contribution >= 0.6 is 0 Å². The summed E-state index contributed by atoms with van der Waals surface area (Å²) >= 11 is 0. The summed E-state index contributed by atoms with van der Waals surface area (Å²) in [5, 5.41) is 1.08. The summed E-state index contributed by atoms with van der Waals surface area (Å²) < 4.78 is 25.2. The van der Waals surface area contributed by atoms with Gasteiger partial charge in [0.2, 0.25) is 0 Å². The van der Waals surface area contributed by atoms with Gasteiger partial charge in [-0.2, -0.15) is 0 Å². The minimum absolute atomic E-state index is 0.105. The van der Waals surface area contributed by atoms with Gasteiger partial charge in [-0.25, -0.2) is 8.42 Å². The first kappa shape index (κ1) is 13.1.